The monoisotopic (exact) mass is 322 g/mol. The van der Waals surface area contributed by atoms with E-state index in [9.17, 15) is 5.11 Å². The van der Waals surface area contributed by atoms with Crippen molar-refractivity contribution >= 4 is 15.9 Å². The first-order valence-corrected chi connectivity index (χ1v) is 5.62. The van der Waals surface area contributed by atoms with Gasteiger partial charge in [0.15, 0.2) is 0 Å². The Kier molecular flexibility index (Phi) is 6.93. The third kappa shape index (κ3) is 5.13. The van der Waals surface area contributed by atoms with Crippen molar-refractivity contribution in [3.63, 3.8) is 0 Å². The topological polar surface area (TPSA) is 20.2 Å². The molecule has 0 aliphatic heterocycles. The molecule has 0 saturated heterocycles. The molecule has 1 N–H and O–H groups in total. The third-order valence-corrected chi connectivity index (χ3v) is 2.67. The van der Waals surface area contributed by atoms with Crippen molar-refractivity contribution in [2.75, 3.05) is 0 Å². The van der Waals surface area contributed by atoms with Crippen LogP contribution < -0.4 is 0 Å². The van der Waals surface area contributed by atoms with Crippen LogP contribution in [0.25, 0.3) is 0 Å². The van der Waals surface area contributed by atoms with Gasteiger partial charge in [-0.1, -0.05) is 20.4 Å². The largest absolute Gasteiger partial charge is 0.748 e. The summed E-state index contributed by atoms with van der Waals surface area (Å²) in [5, 5.41) is 9.53. The second kappa shape index (κ2) is 7.08. The van der Waals surface area contributed by atoms with E-state index in [1.54, 1.807) is 13.8 Å². The Bertz CT molecular complexity index is 354. The summed E-state index contributed by atoms with van der Waals surface area (Å²) in [5.41, 5.74) is 0.204. The van der Waals surface area contributed by atoms with Crippen LogP contribution in [0.2, 0.25) is 0 Å². The summed E-state index contributed by atoms with van der Waals surface area (Å²) in [6, 6.07) is 15.7. The molecule has 0 saturated carbocycles. The van der Waals surface area contributed by atoms with Gasteiger partial charge >= 0.3 is 0 Å². The van der Waals surface area contributed by atoms with Gasteiger partial charge in [-0.3, -0.25) is 0 Å². The molecule has 3 heteroatoms. The normalized spacial score (nSPS) is 10.0. The van der Waals surface area contributed by atoms with Crippen LogP contribution in [-0.2, 0) is 22.7 Å². The van der Waals surface area contributed by atoms with Crippen molar-refractivity contribution in [1.29, 1.82) is 0 Å². The molecular weight excluding hydrogens is 308 g/mol. The number of rotatable bonds is 1. The number of hydrogen-bond donors (Lipinski definition) is 1. The second-order valence-corrected chi connectivity index (χ2v) is 4.66. The zero-order valence-electron chi connectivity index (χ0n) is 9.30. The Balaban J connectivity index is 0.000000318. The van der Waals surface area contributed by atoms with Crippen molar-refractivity contribution in [1.82, 2.24) is 0 Å². The van der Waals surface area contributed by atoms with E-state index >= 15 is 0 Å². The average Bonchev–Trinajstić information content (AvgIpc) is 2.72. The molecule has 0 aliphatic carbocycles. The van der Waals surface area contributed by atoms with Crippen LogP contribution in [0.3, 0.4) is 0 Å². The summed E-state index contributed by atoms with van der Waals surface area (Å²) in [6.45, 7) is 3.54. The van der Waals surface area contributed by atoms with Crippen LogP contribution in [0.1, 0.15) is 19.4 Å². The van der Waals surface area contributed by atoms with Crippen molar-refractivity contribution < 1.29 is 22.2 Å². The van der Waals surface area contributed by atoms with Crippen LogP contribution in [0.15, 0.2) is 53.0 Å². The molecule has 2 rings (SSSR count). The minimum absolute atomic E-state index is 0. The maximum absolute atomic E-state index is 9.53. The van der Waals surface area contributed by atoms with E-state index in [4.69, 9.17) is 0 Å². The molecule has 0 unspecified atom stereocenters. The van der Waals surface area contributed by atoms with Crippen molar-refractivity contribution in [3.8, 4) is 0 Å². The summed E-state index contributed by atoms with van der Waals surface area (Å²) in [5.74, 6) is 0. The van der Waals surface area contributed by atoms with E-state index in [0.29, 0.717) is 0 Å². The predicted octanol–water partition coefficient (Wildman–Crippen LogP) is 3.80. The molecule has 0 spiro atoms. The molecule has 2 aromatic rings. The molecule has 2 aromatic carbocycles. The van der Waals surface area contributed by atoms with Crippen LogP contribution in [0, 0.1) is 0 Å². The minimum Gasteiger partial charge on any atom is -0.748 e. The summed E-state index contributed by atoms with van der Waals surface area (Å²) in [6.07, 6.45) is 0. The molecule has 16 heavy (non-hydrogen) atoms. The summed E-state index contributed by atoms with van der Waals surface area (Å²) in [4.78, 5) is 0. The van der Waals surface area contributed by atoms with Crippen LogP contribution >= 0.6 is 15.9 Å². The quantitative estimate of drug-likeness (QED) is 0.625. The zero-order chi connectivity index (χ0) is 11.3. The Morgan fingerprint density at radius 2 is 1.62 bits per heavy atom. The molecule has 0 amide bonds. The van der Waals surface area contributed by atoms with Crippen molar-refractivity contribution in [3.05, 3.63) is 58.6 Å². The molecule has 0 atom stereocenters. The van der Waals surface area contributed by atoms with Gasteiger partial charge in [-0.05, 0) is 13.8 Å². The van der Waals surface area contributed by atoms with E-state index in [2.05, 4.69) is 15.9 Å². The fraction of sp³-hybridized carbons (Fsp3) is 0.231. The Morgan fingerprint density at radius 3 is 1.81 bits per heavy atom. The van der Waals surface area contributed by atoms with Crippen molar-refractivity contribution in [2.45, 2.75) is 19.4 Å². The summed E-state index contributed by atoms with van der Waals surface area (Å²) >= 11 is 3.34. The molecule has 1 nitrogen and oxygen atoms in total. The maximum atomic E-state index is 9.53. The molecule has 0 bridgehead atoms. The fourth-order valence-corrected chi connectivity index (χ4v) is 1.99. The van der Waals surface area contributed by atoms with Gasteiger partial charge in [0.25, 0.3) is 0 Å². The van der Waals surface area contributed by atoms with E-state index in [1.165, 1.54) is 0 Å². The van der Waals surface area contributed by atoms with Crippen molar-refractivity contribution in [2.24, 2.45) is 0 Å². The molecule has 0 heterocycles. The number of aliphatic hydroxyl groups is 1. The average molecular weight is 323 g/mol. The Labute approximate surface area is 116 Å². The van der Waals surface area contributed by atoms with E-state index < -0.39 is 5.60 Å². The van der Waals surface area contributed by atoms with Gasteiger partial charge in [0.2, 0.25) is 0 Å². The van der Waals surface area contributed by atoms with Gasteiger partial charge in [0.05, 0.1) is 0 Å². The maximum Gasteiger partial charge on any atom is 0.0415 e. The molecular formula is C13H15BrFeO-6. The second-order valence-electron chi connectivity index (χ2n) is 3.81. The predicted molar refractivity (Wildman–Crippen MR) is 67.0 cm³/mol. The van der Waals surface area contributed by atoms with Gasteiger partial charge in [-0.2, -0.15) is 12.1 Å². The van der Waals surface area contributed by atoms with Gasteiger partial charge in [0.1, 0.15) is 0 Å². The molecule has 0 radical (unpaired) electrons. The standard InChI is InChI=1S/C8H10BrO.C5H5.Fe/c1-8(2,10)6-4-3-5-7(6)9;1-2-4-5-3-1;/h3-5,10H,1-2H3;1-5H;/q-1;-5;. The molecule has 0 aromatic heterocycles. The molecule has 0 aliphatic rings. The van der Waals surface area contributed by atoms with Crippen LogP contribution in [-0.4, -0.2) is 5.11 Å². The third-order valence-electron chi connectivity index (χ3n) is 1.98. The zero-order valence-corrected chi connectivity index (χ0v) is 12.0. The van der Waals surface area contributed by atoms with Gasteiger partial charge in [0, 0.05) is 22.7 Å². The summed E-state index contributed by atoms with van der Waals surface area (Å²) < 4.78 is 0.972. The smallest absolute Gasteiger partial charge is 0.0415 e. The van der Waals surface area contributed by atoms with Crippen LogP contribution in [0.5, 0.6) is 0 Å². The first-order chi connectivity index (χ1) is 7.02. The fourth-order valence-electron chi connectivity index (χ4n) is 1.22. The van der Waals surface area contributed by atoms with Crippen LogP contribution in [0.4, 0.5) is 0 Å². The Hall–Kier alpha value is -0.341. The SMILES string of the molecule is CC(C)(O)[c-]1cccc1Br.[Fe].[cH-]1[cH-][cH-][cH-][cH-]1. The van der Waals surface area contributed by atoms with Gasteiger partial charge in [-0.25, -0.2) is 6.07 Å². The molecule has 94 valence electrons. The Morgan fingerprint density at radius 1 is 1.19 bits per heavy atom. The number of halogens is 1. The van der Waals surface area contributed by atoms with Gasteiger partial charge in [-0.15, -0.1) is 5.56 Å². The minimum atomic E-state index is -0.734. The number of hydrogen-bond acceptors (Lipinski definition) is 1. The summed E-state index contributed by atoms with van der Waals surface area (Å²) in [7, 11) is 0. The van der Waals surface area contributed by atoms with E-state index in [0.717, 1.165) is 10.0 Å². The first kappa shape index (κ1) is 15.7. The first-order valence-electron chi connectivity index (χ1n) is 4.82. The molecule has 0 fully saturated rings. The van der Waals surface area contributed by atoms with Gasteiger partial charge < -0.3 is 35.4 Å². The van der Waals surface area contributed by atoms with E-state index in [-0.39, 0.29) is 17.1 Å². The van der Waals surface area contributed by atoms with E-state index in [1.807, 2.05) is 48.5 Å².